The van der Waals surface area contributed by atoms with Crippen molar-refractivity contribution in [1.82, 2.24) is 5.32 Å². The second-order valence-electron chi connectivity index (χ2n) is 4.24. The lowest BCUT2D eigenvalue weighted by atomic mass is 9.95. The van der Waals surface area contributed by atoms with Crippen molar-refractivity contribution in [3.05, 3.63) is 34.9 Å². The summed E-state index contributed by atoms with van der Waals surface area (Å²) in [6.07, 6.45) is -5.12. The van der Waals surface area contributed by atoms with Crippen LogP contribution in [0.3, 0.4) is 0 Å². The highest BCUT2D eigenvalue weighted by atomic mass is 35.5. The Bertz CT molecular complexity index is 502. The number of carbonyl (C=O) groups is 2. The number of amides is 1. The fraction of sp³-hybridized carbons (Fsp3) is 0.385. The van der Waals surface area contributed by atoms with E-state index in [1.165, 1.54) is 7.11 Å². The van der Waals surface area contributed by atoms with E-state index in [1.807, 2.05) is 0 Å². The van der Waals surface area contributed by atoms with Gasteiger partial charge in [-0.3, -0.25) is 9.59 Å². The van der Waals surface area contributed by atoms with E-state index < -0.39 is 24.0 Å². The van der Waals surface area contributed by atoms with Crippen LogP contribution in [0.5, 0.6) is 0 Å². The summed E-state index contributed by atoms with van der Waals surface area (Å²) in [5.74, 6) is -3.27. The Labute approximate surface area is 124 Å². The Balaban J connectivity index is 2.80. The van der Waals surface area contributed by atoms with Crippen LogP contribution in [0.2, 0.25) is 5.02 Å². The van der Waals surface area contributed by atoms with Crippen LogP contribution >= 0.6 is 11.6 Å². The molecule has 0 saturated carbocycles. The SMILES string of the molecule is COC(=O)C[C@@H](CNC(=O)C(F)(F)F)c1ccc(Cl)cc1. The van der Waals surface area contributed by atoms with Crippen LogP contribution in [-0.2, 0) is 14.3 Å². The third-order valence-electron chi connectivity index (χ3n) is 2.75. The molecule has 1 aromatic carbocycles. The number of carbonyl (C=O) groups excluding carboxylic acids is 2. The van der Waals surface area contributed by atoms with Crippen LogP contribution in [0.15, 0.2) is 24.3 Å². The molecule has 0 aromatic heterocycles. The molecule has 0 unspecified atom stereocenters. The minimum absolute atomic E-state index is 0.156. The van der Waals surface area contributed by atoms with Crippen molar-refractivity contribution in [2.24, 2.45) is 0 Å². The summed E-state index contributed by atoms with van der Waals surface area (Å²) in [6, 6.07) is 6.25. The smallest absolute Gasteiger partial charge is 0.469 e. The summed E-state index contributed by atoms with van der Waals surface area (Å²) in [4.78, 5) is 22.2. The maximum absolute atomic E-state index is 12.2. The van der Waals surface area contributed by atoms with Crippen molar-refractivity contribution in [2.75, 3.05) is 13.7 Å². The summed E-state index contributed by atoms with van der Waals surface area (Å²) in [7, 11) is 1.18. The van der Waals surface area contributed by atoms with Crippen molar-refractivity contribution >= 4 is 23.5 Å². The van der Waals surface area contributed by atoms with Crippen LogP contribution in [0.4, 0.5) is 13.2 Å². The number of benzene rings is 1. The summed E-state index contributed by atoms with van der Waals surface area (Å²) < 4.78 is 41.0. The summed E-state index contributed by atoms with van der Waals surface area (Å²) >= 11 is 5.73. The van der Waals surface area contributed by atoms with Gasteiger partial charge in [0.1, 0.15) is 0 Å². The highest BCUT2D eigenvalue weighted by molar-refractivity contribution is 6.30. The van der Waals surface area contributed by atoms with Gasteiger partial charge in [-0.05, 0) is 17.7 Å². The van der Waals surface area contributed by atoms with E-state index in [0.717, 1.165) is 0 Å². The van der Waals surface area contributed by atoms with Crippen molar-refractivity contribution in [2.45, 2.75) is 18.5 Å². The van der Waals surface area contributed by atoms with Gasteiger partial charge in [-0.1, -0.05) is 23.7 Å². The molecule has 0 aliphatic heterocycles. The monoisotopic (exact) mass is 323 g/mol. The molecule has 0 radical (unpaired) electrons. The second-order valence-corrected chi connectivity index (χ2v) is 4.67. The predicted molar refractivity (Wildman–Crippen MR) is 69.9 cm³/mol. The van der Waals surface area contributed by atoms with Crippen LogP contribution in [0.25, 0.3) is 0 Å². The van der Waals surface area contributed by atoms with E-state index in [4.69, 9.17) is 11.6 Å². The molecule has 1 amide bonds. The average Bonchev–Trinajstić information content (AvgIpc) is 2.42. The first-order valence-electron chi connectivity index (χ1n) is 5.91. The zero-order valence-electron chi connectivity index (χ0n) is 11.0. The van der Waals surface area contributed by atoms with E-state index in [0.29, 0.717) is 10.6 Å². The standard InChI is InChI=1S/C13H13ClF3NO3/c1-21-11(19)6-9(7-18-12(20)13(15,16)17)8-2-4-10(14)5-3-8/h2-5,9H,6-7H2,1H3,(H,18,20)/t9-/m0/s1. The minimum Gasteiger partial charge on any atom is -0.469 e. The molecule has 1 atom stereocenters. The first-order valence-corrected chi connectivity index (χ1v) is 6.29. The molecule has 0 aliphatic carbocycles. The van der Waals surface area contributed by atoms with Gasteiger partial charge in [0.25, 0.3) is 0 Å². The number of esters is 1. The molecule has 0 spiro atoms. The molecule has 0 fully saturated rings. The van der Waals surface area contributed by atoms with Crippen molar-refractivity contribution in [3.8, 4) is 0 Å². The molecule has 116 valence electrons. The second kappa shape index (κ2) is 7.31. The van der Waals surface area contributed by atoms with Crippen molar-refractivity contribution < 1.29 is 27.5 Å². The quantitative estimate of drug-likeness (QED) is 0.848. The predicted octanol–water partition coefficient (Wildman–Crippen LogP) is 2.67. The largest absolute Gasteiger partial charge is 0.471 e. The van der Waals surface area contributed by atoms with E-state index >= 15 is 0 Å². The maximum atomic E-state index is 12.2. The van der Waals surface area contributed by atoms with Gasteiger partial charge >= 0.3 is 18.1 Å². The number of hydrogen-bond acceptors (Lipinski definition) is 3. The molecule has 0 aliphatic rings. The van der Waals surface area contributed by atoms with E-state index in [2.05, 4.69) is 4.74 Å². The molecule has 1 aromatic rings. The number of nitrogens with one attached hydrogen (secondary N) is 1. The Hall–Kier alpha value is -1.76. The Kier molecular flexibility index (Phi) is 6.02. The lowest BCUT2D eigenvalue weighted by Crippen LogP contribution is -2.39. The van der Waals surface area contributed by atoms with E-state index in [9.17, 15) is 22.8 Å². The van der Waals surface area contributed by atoms with E-state index in [1.54, 1.807) is 29.6 Å². The number of rotatable bonds is 5. The molecule has 0 saturated heterocycles. The highest BCUT2D eigenvalue weighted by Gasteiger charge is 2.38. The van der Waals surface area contributed by atoms with Crippen molar-refractivity contribution in [3.63, 3.8) is 0 Å². The molecule has 1 rings (SSSR count). The third kappa shape index (κ3) is 5.63. The summed E-state index contributed by atoms with van der Waals surface area (Å²) in [6.45, 7) is -0.338. The van der Waals surface area contributed by atoms with Crippen LogP contribution in [-0.4, -0.2) is 31.7 Å². The Morgan fingerprint density at radius 1 is 1.29 bits per heavy atom. The first kappa shape index (κ1) is 17.3. The van der Waals surface area contributed by atoms with Gasteiger partial charge in [0.15, 0.2) is 0 Å². The van der Waals surface area contributed by atoms with Gasteiger partial charge in [0.2, 0.25) is 0 Å². The maximum Gasteiger partial charge on any atom is 0.471 e. The molecule has 0 heterocycles. The molecule has 1 N–H and O–H groups in total. The van der Waals surface area contributed by atoms with Gasteiger partial charge in [0.05, 0.1) is 13.5 Å². The summed E-state index contributed by atoms with van der Waals surface area (Å²) in [5, 5.41) is 2.21. The van der Waals surface area contributed by atoms with Crippen LogP contribution in [0, 0.1) is 0 Å². The molecular weight excluding hydrogens is 311 g/mol. The molecule has 0 bridgehead atoms. The third-order valence-corrected chi connectivity index (χ3v) is 3.00. The Morgan fingerprint density at radius 2 is 1.86 bits per heavy atom. The van der Waals surface area contributed by atoms with Gasteiger partial charge in [-0.2, -0.15) is 13.2 Å². The van der Waals surface area contributed by atoms with Gasteiger partial charge in [0, 0.05) is 17.5 Å². The highest BCUT2D eigenvalue weighted by Crippen LogP contribution is 2.22. The first-order chi connectivity index (χ1) is 9.74. The fourth-order valence-corrected chi connectivity index (χ4v) is 1.77. The van der Waals surface area contributed by atoms with E-state index in [-0.39, 0.29) is 13.0 Å². The fourth-order valence-electron chi connectivity index (χ4n) is 1.64. The summed E-state index contributed by atoms with van der Waals surface area (Å²) in [5.41, 5.74) is 0.576. The minimum atomic E-state index is -4.96. The average molecular weight is 324 g/mol. The Morgan fingerprint density at radius 3 is 2.33 bits per heavy atom. The molecule has 21 heavy (non-hydrogen) atoms. The number of ether oxygens (including phenoxy) is 1. The van der Waals surface area contributed by atoms with Gasteiger partial charge < -0.3 is 10.1 Å². The van der Waals surface area contributed by atoms with Crippen LogP contribution < -0.4 is 5.32 Å². The zero-order chi connectivity index (χ0) is 16.0. The zero-order valence-corrected chi connectivity index (χ0v) is 11.8. The number of alkyl halides is 3. The number of methoxy groups -OCH3 is 1. The molecule has 8 heteroatoms. The topological polar surface area (TPSA) is 55.4 Å². The molecule has 4 nitrogen and oxygen atoms in total. The lowest BCUT2D eigenvalue weighted by molar-refractivity contribution is -0.173. The normalized spacial score (nSPS) is 12.6. The van der Waals surface area contributed by atoms with Crippen molar-refractivity contribution in [1.29, 1.82) is 0 Å². The van der Waals surface area contributed by atoms with Crippen LogP contribution in [0.1, 0.15) is 17.9 Å². The molecular formula is C13H13ClF3NO3. The van der Waals surface area contributed by atoms with Gasteiger partial charge in [-0.25, -0.2) is 0 Å². The lowest BCUT2D eigenvalue weighted by Gasteiger charge is -2.17. The van der Waals surface area contributed by atoms with Gasteiger partial charge in [-0.15, -0.1) is 0 Å². The number of halogens is 4. The number of hydrogen-bond donors (Lipinski definition) is 1.